The van der Waals surface area contributed by atoms with E-state index in [2.05, 4.69) is 10.5 Å². The van der Waals surface area contributed by atoms with Crippen LogP contribution in [-0.2, 0) is 0 Å². The van der Waals surface area contributed by atoms with E-state index in [1.54, 1.807) is 31.5 Å². The third-order valence-corrected chi connectivity index (χ3v) is 3.46. The molecule has 0 unspecified atom stereocenters. The molecule has 0 aromatic heterocycles. The van der Waals surface area contributed by atoms with E-state index in [-0.39, 0.29) is 5.91 Å². The van der Waals surface area contributed by atoms with Crippen LogP contribution in [-0.4, -0.2) is 33.5 Å². The van der Waals surface area contributed by atoms with Gasteiger partial charge >= 0.3 is 0 Å². The summed E-state index contributed by atoms with van der Waals surface area (Å²) in [6.07, 6.45) is 1.59. The fourth-order valence-electron chi connectivity index (χ4n) is 2.08. The van der Waals surface area contributed by atoms with Crippen molar-refractivity contribution in [2.45, 2.75) is 6.92 Å². The highest BCUT2D eigenvalue weighted by atomic mass is 16.5. The zero-order chi connectivity index (χ0) is 17.5. The van der Waals surface area contributed by atoms with Crippen molar-refractivity contribution >= 4 is 12.1 Å². The molecule has 0 aliphatic carbocycles. The molecule has 6 nitrogen and oxygen atoms in total. The lowest BCUT2D eigenvalue weighted by atomic mass is 10.1. The van der Waals surface area contributed by atoms with E-state index in [4.69, 9.17) is 14.2 Å². The molecule has 126 valence electrons. The Bertz CT molecular complexity index is 734. The maximum absolute atomic E-state index is 12.2. The van der Waals surface area contributed by atoms with Crippen LogP contribution >= 0.6 is 0 Å². The van der Waals surface area contributed by atoms with Gasteiger partial charge in [-0.25, -0.2) is 5.43 Å². The summed E-state index contributed by atoms with van der Waals surface area (Å²) in [5.41, 5.74) is 4.78. The molecule has 0 aliphatic heterocycles. The molecule has 2 aromatic carbocycles. The molecule has 2 rings (SSSR count). The monoisotopic (exact) mass is 328 g/mol. The van der Waals surface area contributed by atoms with Crippen LogP contribution in [0.3, 0.4) is 0 Å². The Morgan fingerprint density at radius 1 is 0.958 bits per heavy atom. The van der Waals surface area contributed by atoms with Crippen molar-refractivity contribution in [1.82, 2.24) is 5.43 Å². The lowest BCUT2D eigenvalue weighted by molar-refractivity contribution is 0.0954. The molecule has 1 N–H and O–H groups in total. The van der Waals surface area contributed by atoms with E-state index in [9.17, 15) is 4.79 Å². The average Bonchev–Trinajstić information content (AvgIpc) is 2.62. The molecule has 6 heteroatoms. The van der Waals surface area contributed by atoms with E-state index in [1.165, 1.54) is 14.2 Å². The Labute approximate surface area is 141 Å². The number of methoxy groups -OCH3 is 3. The maximum Gasteiger partial charge on any atom is 0.271 e. The molecule has 0 heterocycles. The van der Waals surface area contributed by atoms with Gasteiger partial charge in [0.1, 0.15) is 17.2 Å². The molecule has 0 bridgehead atoms. The smallest absolute Gasteiger partial charge is 0.271 e. The standard InChI is InChI=1S/C18H20N2O4/c1-12-7-15(22-2)6-5-13(12)11-19-20-18(21)14-8-16(23-3)10-17(9-14)24-4/h5-11H,1-4H3,(H,20,21)/b19-11-. The minimum atomic E-state index is -0.352. The summed E-state index contributed by atoms with van der Waals surface area (Å²) < 4.78 is 15.5. The second-order valence-electron chi connectivity index (χ2n) is 5.02. The van der Waals surface area contributed by atoms with Crippen molar-refractivity contribution in [3.8, 4) is 17.2 Å². The van der Waals surface area contributed by atoms with Gasteiger partial charge in [0.15, 0.2) is 0 Å². The normalized spacial score (nSPS) is 10.5. The largest absolute Gasteiger partial charge is 0.497 e. The zero-order valence-corrected chi connectivity index (χ0v) is 14.1. The number of rotatable bonds is 6. The summed E-state index contributed by atoms with van der Waals surface area (Å²) in [7, 11) is 4.67. The molecule has 0 atom stereocenters. The minimum absolute atomic E-state index is 0.352. The topological polar surface area (TPSA) is 69.2 Å². The summed E-state index contributed by atoms with van der Waals surface area (Å²) in [5, 5.41) is 4.00. The molecule has 24 heavy (non-hydrogen) atoms. The highest BCUT2D eigenvalue weighted by Gasteiger charge is 2.09. The number of nitrogens with one attached hydrogen (secondary N) is 1. The van der Waals surface area contributed by atoms with Gasteiger partial charge in [-0.05, 0) is 48.4 Å². The number of aryl methyl sites for hydroxylation is 1. The third kappa shape index (κ3) is 4.25. The lowest BCUT2D eigenvalue weighted by Gasteiger charge is -2.07. The van der Waals surface area contributed by atoms with Crippen LogP contribution in [0.1, 0.15) is 21.5 Å². The van der Waals surface area contributed by atoms with Gasteiger partial charge in [0.05, 0.1) is 27.5 Å². The molecule has 0 saturated carbocycles. The van der Waals surface area contributed by atoms with E-state index in [0.29, 0.717) is 17.1 Å². The summed E-state index contributed by atoms with van der Waals surface area (Å²) in [4.78, 5) is 12.2. The van der Waals surface area contributed by atoms with Crippen molar-refractivity contribution in [3.05, 3.63) is 53.1 Å². The zero-order valence-electron chi connectivity index (χ0n) is 14.1. The fourth-order valence-corrected chi connectivity index (χ4v) is 2.08. The third-order valence-electron chi connectivity index (χ3n) is 3.46. The van der Waals surface area contributed by atoms with Gasteiger partial charge in [-0.15, -0.1) is 0 Å². The van der Waals surface area contributed by atoms with Gasteiger partial charge in [-0.1, -0.05) is 0 Å². The highest BCUT2D eigenvalue weighted by molar-refractivity contribution is 5.95. The number of amides is 1. The Hall–Kier alpha value is -3.02. The van der Waals surface area contributed by atoms with Gasteiger partial charge < -0.3 is 14.2 Å². The minimum Gasteiger partial charge on any atom is -0.497 e. The Kier molecular flexibility index (Phi) is 5.78. The van der Waals surface area contributed by atoms with Crippen LogP contribution < -0.4 is 19.6 Å². The molecule has 0 radical (unpaired) electrons. The van der Waals surface area contributed by atoms with Crippen molar-refractivity contribution < 1.29 is 19.0 Å². The van der Waals surface area contributed by atoms with E-state index in [1.807, 2.05) is 25.1 Å². The molecule has 2 aromatic rings. The first-order valence-electron chi connectivity index (χ1n) is 7.28. The van der Waals surface area contributed by atoms with Crippen LogP contribution in [0.2, 0.25) is 0 Å². The van der Waals surface area contributed by atoms with Crippen molar-refractivity contribution in [2.24, 2.45) is 5.10 Å². The molecule has 1 amide bonds. The van der Waals surface area contributed by atoms with E-state index in [0.717, 1.165) is 16.9 Å². The first-order valence-corrected chi connectivity index (χ1v) is 7.28. The number of hydrogen-bond donors (Lipinski definition) is 1. The number of carbonyl (C=O) groups excluding carboxylic acids is 1. The van der Waals surface area contributed by atoms with Crippen LogP contribution in [0, 0.1) is 6.92 Å². The summed E-state index contributed by atoms with van der Waals surface area (Å²) >= 11 is 0. The van der Waals surface area contributed by atoms with Gasteiger partial charge in [0, 0.05) is 11.6 Å². The van der Waals surface area contributed by atoms with Crippen molar-refractivity contribution in [1.29, 1.82) is 0 Å². The summed E-state index contributed by atoms with van der Waals surface area (Å²) in [6.45, 7) is 1.94. The molecule has 0 fully saturated rings. The average molecular weight is 328 g/mol. The van der Waals surface area contributed by atoms with Gasteiger partial charge in [-0.2, -0.15) is 5.10 Å². The van der Waals surface area contributed by atoms with Crippen molar-refractivity contribution in [2.75, 3.05) is 21.3 Å². The van der Waals surface area contributed by atoms with Gasteiger partial charge in [0.25, 0.3) is 5.91 Å². The van der Waals surface area contributed by atoms with E-state index < -0.39 is 0 Å². The Balaban J connectivity index is 2.10. The highest BCUT2D eigenvalue weighted by Crippen LogP contribution is 2.22. The number of hydrogen-bond acceptors (Lipinski definition) is 5. The quantitative estimate of drug-likeness (QED) is 0.654. The number of benzene rings is 2. The molecule has 0 spiro atoms. The van der Waals surface area contributed by atoms with Crippen LogP contribution in [0.4, 0.5) is 0 Å². The van der Waals surface area contributed by atoms with Crippen LogP contribution in [0.15, 0.2) is 41.5 Å². The number of nitrogens with zero attached hydrogens (tertiary/aromatic N) is 1. The summed E-state index contributed by atoms with van der Waals surface area (Å²) in [5.74, 6) is 1.50. The van der Waals surface area contributed by atoms with E-state index >= 15 is 0 Å². The van der Waals surface area contributed by atoms with Crippen LogP contribution in [0.25, 0.3) is 0 Å². The predicted octanol–water partition coefficient (Wildman–Crippen LogP) is 2.78. The second kappa shape index (κ2) is 8.01. The number of hydrazone groups is 1. The SMILES string of the molecule is COc1cc(OC)cc(C(=O)N/N=C\c2ccc(OC)cc2C)c1. The number of carbonyl (C=O) groups is 1. The Morgan fingerprint density at radius 3 is 2.12 bits per heavy atom. The summed E-state index contributed by atoms with van der Waals surface area (Å²) in [6, 6.07) is 10.5. The van der Waals surface area contributed by atoms with Gasteiger partial charge in [0.2, 0.25) is 0 Å². The van der Waals surface area contributed by atoms with Crippen molar-refractivity contribution in [3.63, 3.8) is 0 Å². The van der Waals surface area contributed by atoms with Crippen LogP contribution in [0.5, 0.6) is 17.2 Å². The lowest BCUT2D eigenvalue weighted by Crippen LogP contribution is -2.17. The molecular formula is C18H20N2O4. The predicted molar refractivity (Wildman–Crippen MR) is 92.3 cm³/mol. The van der Waals surface area contributed by atoms with Gasteiger partial charge in [-0.3, -0.25) is 4.79 Å². The molecule has 0 aliphatic rings. The molecular weight excluding hydrogens is 308 g/mol. The molecule has 0 saturated heterocycles. The first-order chi connectivity index (χ1) is 11.6. The number of ether oxygens (including phenoxy) is 3. The second-order valence-corrected chi connectivity index (χ2v) is 5.02. The Morgan fingerprint density at radius 2 is 1.58 bits per heavy atom. The first kappa shape index (κ1) is 17.3. The fraction of sp³-hybridized carbons (Fsp3) is 0.222. The maximum atomic E-state index is 12.2.